The summed E-state index contributed by atoms with van der Waals surface area (Å²) < 4.78 is 93.8. The quantitative estimate of drug-likeness (QED) is 0.482. The fourth-order valence-electron chi connectivity index (χ4n) is 2.09. The van der Waals surface area contributed by atoms with Gasteiger partial charge in [-0.2, -0.15) is 25.9 Å². The van der Waals surface area contributed by atoms with Crippen LogP contribution in [-0.2, 0) is 23.1 Å². The van der Waals surface area contributed by atoms with Crippen LogP contribution in [-0.4, -0.2) is 64.3 Å². The van der Waals surface area contributed by atoms with Crippen LogP contribution in [0.2, 0.25) is 0 Å². The normalized spacial score (nSPS) is 16.4. The Morgan fingerprint density at radius 3 is 1.89 bits per heavy atom. The minimum atomic E-state index is -4.98. The first-order chi connectivity index (χ1) is 12.1. The van der Waals surface area contributed by atoms with E-state index in [2.05, 4.69) is 21.4 Å². The Morgan fingerprint density at radius 1 is 1.00 bits per heavy atom. The molecule has 2 rings (SSSR count). The van der Waals surface area contributed by atoms with E-state index in [1.807, 2.05) is 0 Å². The molecular weight excluding hydrogens is 463 g/mol. The minimum Gasteiger partial charge on any atom is -0.332 e. The molecule has 1 saturated heterocycles. The molecule has 0 radical (unpaired) electrons. The van der Waals surface area contributed by atoms with Gasteiger partial charge in [-0.15, -0.1) is 0 Å². The molecule has 15 heteroatoms. The lowest BCUT2D eigenvalue weighted by molar-refractivity contribution is -0.186. The lowest BCUT2D eigenvalue weighted by Gasteiger charge is -2.34. The maximum atomic E-state index is 13.1. The number of benzene rings is 1. The summed E-state index contributed by atoms with van der Waals surface area (Å²) >= 11 is 0. The van der Waals surface area contributed by atoms with Crippen LogP contribution in [0, 0.1) is 5.82 Å². The van der Waals surface area contributed by atoms with Crippen LogP contribution in [0.15, 0.2) is 29.2 Å². The SMILES string of the molecule is O=C(N1CCN(S(=O)(=O)c2cccc(F)c2)CC1)C(F)(F)F.O=S(=O)(Cl)Cl. The molecule has 1 heterocycles. The lowest BCUT2D eigenvalue weighted by atomic mass is 10.3. The smallest absolute Gasteiger partial charge is 0.332 e. The molecule has 1 aliphatic rings. The van der Waals surface area contributed by atoms with Crippen molar-refractivity contribution < 1.29 is 39.2 Å². The number of hydrogen-bond donors (Lipinski definition) is 0. The topological polar surface area (TPSA) is 91.8 Å². The third-order valence-electron chi connectivity index (χ3n) is 3.20. The van der Waals surface area contributed by atoms with Crippen LogP contribution in [0.3, 0.4) is 0 Å². The molecule has 0 bridgehead atoms. The molecule has 0 saturated carbocycles. The van der Waals surface area contributed by atoms with Gasteiger partial charge in [-0.3, -0.25) is 4.79 Å². The average molecular weight is 475 g/mol. The molecule has 27 heavy (non-hydrogen) atoms. The van der Waals surface area contributed by atoms with Gasteiger partial charge in [0.15, 0.2) is 0 Å². The van der Waals surface area contributed by atoms with Crippen LogP contribution in [0.25, 0.3) is 0 Å². The maximum absolute atomic E-state index is 13.1. The highest BCUT2D eigenvalue weighted by Crippen LogP contribution is 2.22. The van der Waals surface area contributed by atoms with Crippen molar-refractivity contribution in [3.63, 3.8) is 0 Å². The largest absolute Gasteiger partial charge is 0.471 e. The van der Waals surface area contributed by atoms with Crippen molar-refractivity contribution >= 4 is 45.6 Å². The average Bonchev–Trinajstić information content (AvgIpc) is 2.52. The van der Waals surface area contributed by atoms with Gasteiger partial charge in [0, 0.05) is 47.5 Å². The van der Waals surface area contributed by atoms with Crippen molar-refractivity contribution in [2.24, 2.45) is 0 Å². The summed E-state index contributed by atoms with van der Waals surface area (Å²) in [6, 6.07) is 4.35. The number of piperazine rings is 1. The Hall–Kier alpha value is -1.15. The summed E-state index contributed by atoms with van der Waals surface area (Å²) in [6.07, 6.45) is -4.98. The van der Waals surface area contributed by atoms with Gasteiger partial charge in [0.2, 0.25) is 10.0 Å². The molecule has 0 unspecified atom stereocenters. The first-order valence-electron chi connectivity index (χ1n) is 6.88. The molecule has 7 nitrogen and oxygen atoms in total. The highest BCUT2D eigenvalue weighted by molar-refractivity contribution is 8.31. The van der Waals surface area contributed by atoms with E-state index in [9.17, 15) is 30.8 Å². The standard InChI is InChI=1S/C12H12F4N2O3S.Cl2O2S/c13-9-2-1-3-10(8-9)22(20,21)18-6-4-17(5-7-18)11(19)12(14,15)16;1-5(2,3)4/h1-3,8H,4-7H2;. The van der Waals surface area contributed by atoms with Gasteiger partial charge in [0.05, 0.1) is 4.90 Å². The molecule has 0 aliphatic carbocycles. The van der Waals surface area contributed by atoms with E-state index in [0.717, 1.165) is 16.4 Å². The summed E-state index contributed by atoms with van der Waals surface area (Å²) in [5.74, 6) is -2.72. The third kappa shape index (κ3) is 7.78. The number of alkyl halides is 3. The molecule has 1 amide bonds. The summed E-state index contributed by atoms with van der Waals surface area (Å²) in [5, 5.41) is 0. The number of halogens is 6. The Kier molecular flexibility index (Phi) is 7.88. The summed E-state index contributed by atoms with van der Waals surface area (Å²) in [4.78, 5) is 11.4. The summed E-state index contributed by atoms with van der Waals surface area (Å²) in [6.45, 7) is -1.29. The van der Waals surface area contributed by atoms with Crippen molar-refractivity contribution in [3.05, 3.63) is 30.1 Å². The number of sulfonamides is 1. The van der Waals surface area contributed by atoms with Gasteiger partial charge in [-0.05, 0) is 18.2 Å². The van der Waals surface area contributed by atoms with E-state index in [0.29, 0.717) is 4.90 Å². The third-order valence-corrected chi connectivity index (χ3v) is 5.10. The number of rotatable bonds is 2. The number of carbonyl (C=O) groups is 1. The van der Waals surface area contributed by atoms with Gasteiger partial charge in [0.1, 0.15) is 5.82 Å². The predicted octanol–water partition coefficient (Wildman–Crippen LogP) is 1.93. The fraction of sp³-hybridized carbons (Fsp3) is 0.417. The van der Waals surface area contributed by atoms with Crippen LogP contribution in [0.5, 0.6) is 0 Å². The Morgan fingerprint density at radius 2 is 1.48 bits per heavy atom. The van der Waals surface area contributed by atoms with E-state index >= 15 is 0 Å². The van der Waals surface area contributed by atoms with Gasteiger partial charge in [-0.1, -0.05) is 6.07 Å². The predicted molar refractivity (Wildman–Crippen MR) is 88.4 cm³/mol. The monoisotopic (exact) mass is 474 g/mol. The van der Waals surface area contributed by atoms with Crippen molar-refractivity contribution in [2.75, 3.05) is 26.2 Å². The Labute approximate surface area is 161 Å². The molecule has 1 aliphatic heterocycles. The van der Waals surface area contributed by atoms with Crippen molar-refractivity contribution in [1.82, 2.24) is 9.21 Å². The molecular formula is C12H12Cl2F4N2O5S2. The molecule has 0 spiro atoms. The molecule has 0 N–H and O–H groups in total. The van der Waals surface area contributed by atoms with E-state index < -0.39 is 36.2 Å². The molecule has 154 valence electrons. The van der Waals surface area contributed by atoms with Crippen LogP contribution < -0.4 is 0 Å². The molecule has 1 fully saturated rings. The Balaban J connectivity index is 0.000000646. The number of amides is 1. The molecule has 0 aromatic heterocycles. The Bertz CT molecular complexity index is 877. The van der Waals surface area contributed by atoms with Crippen LogP contribution >= 0.6 is 21.4 Å². The number of carbonyl (C=O) groups excluding carboxylic acids is 1. The second kappa shape index (κ2) is 8.90. The van der Waals surface area contributed by atoms with Crippen LogP contribution in [0.4, 0.5) is 17.6 Å². The second-order valence-corrected chi connectivity index (χ2v) is 10.6. The van der Waals surface area contributed by atoms with Crippen molar-refractivity contribution in [3.8, 4) is 0 Å². The zero-order valence-corrected chi connectivity index (χ0v) is 16.3. The first kappa shape index (κ1) is 23.9. The van der Waals surface area contributed by atoms with E-state index in [1.54, 1.807) is 0 Å². The van der Waals surface area contributed by atoms with Gasteiger partial charge >= 0.3 is 20.3 Å². The minimum absolute atomic E-state index is 0.275. The zero-order valence-electron chi connectivity index (χ0n) is 13.2. The highest BCUT2D eigenvalue weighted by atomic mass is 36.0. The van der Waals surface area contributed by atoms with Crippen molar-refractivity contribution in [1.29, 1.82) is 0 Å². The van der Waals surface area contributed by atoms with E-state index in [1.165, 1.54) is 12.1 Å². The van der Waals surface area contributed by atoms with E-state index in [4.69, 9.17) is 8.42 Å². The fourth-order valence-corrected chi connectivity index (χ4v) is 3.54. The number of nitrogens with zero attached hydrogens (tertiary/aromatic N) is 2. The van der Waals surface area contributed by atoms with Gasteiger partial charge < -0.3 is 4.90 Å². The molecule has 0 atom stereocenters. The molecule has 1 aromatic carbocycles. The first-order valence-corrected chi connectivity index (χ1v) is 11.5. The molecule has 1 aromatic rings. The van der Waals surface area contributed by atoms with Crippen molar-refractivity contribution in [2.45, 2.75) is 11.1 Å². The van der Waals surface area contributed by atoms with Gasteiger partial charge in [0.25, 0.3) is 0 Å². The zero-order chi connectivity index (χ0) is 21.0. The van der Waals surface area contributed by atoms with Gasteiger partial charge in [-0.25, -0.2) is 12.8 Å². The second-order valence-electron chi connectivity index (χ2n) is 5.03. The lowest BCUT2D eigenvalue weighted by Crippen LogP contribution is -2.53. The number of hydrogen-bond acceptors (Lipinski definition) is 5. The maximum Gasteiger partial charge on any atom is 0.471 e. The summed E-state index contributed by atoms with van der Waals surface area (Å²) in [5.41, 5.74) is 0. The van der Waals surface area contributed by atoms with Crippen LogP contribution in [0.1, 0.15) is 0 Å². The highest BCUT2D eigenvalue weighted by Gasteiger charge is 2.44. The summed E-state index contributed by atoms with van der Waals surface area (Å²) in [7, 11) is 0.818. The van der Waals surface area contributed by atoms with E-state index in [-0.39, 0.29) is 31.1 Å².